The quantitative estimate of drug-likeness (QED) is 0.708. The number of alkyl halides is 3. The molecule has 0 spiro atoms. The van der Waals surface area contributed by atoms with Gasteiger partial charge >= 0.3 is 6.18 Å². The third-order valence-electron chi connectivity index (χ3n) is 4.64. The Balaban J connectivity index is 1.45. The van der Waals surface area contributed by atoms with Gasteiger partial charge in [-0.1, -0.05) is 22.0 Å². The topological polar surface area (TPSA) is 35.9 Å². The molecule has 1 fully saturated rings. The Morgan fingerprint density at radius 3 is 2.36 bits per heavy atom. The van der Waals surface area contributed by atoms with Crippen molar-refractivity contribution < 1.29 is 23.0 Å². The Labute approximate surface area is 170 Å². The van der Waals surface area contributed by atoms with Crippen LogP contribution in [0.3, 0.4) is 0 Å². The Kier molecular flexibility index (Phi) is 6.85. The number of hydrogen-bond acceptors (Lipinski definition) is 4. The molecule has 1 saturated heterocycles. The van der Waals surface area contributed by atoms with Crippen molar-refractivity contribution in [3.63, 3.8) is 0 Å². The Morgan fingerprint density at radius 1 is 1.04 bits per heavy atom. The van der Waals surface area contributed by atoms with Gasteiger partial charge < -0.3 is 14.7 Å². The minimum Gasteiger partial charge on any atom is -0.491 e. The van der Waals surface area contributed by atoms with Crippen LogP contribution >= 0.6 is 15.9 Å². The SMILES string of the molecule is O[C@H](COc1ccc(Br)cc1)CN1CCN(c2cccc(C(F)(F)F)c2)CC1. The first-order valence-corrected chi connectivity index (χ1v) is 9.81. The fourth-order valence-corrected chi connectivity index (χ4v) is 3.41. The van der Waals surface area contributed by atoms with E-state index in [0.29, 0.717) is 44.2 Å². The number of nitrogens with zero attached hydrogens (tertiary/aromatic N) is 2. The maximum atomic E-state index is 12.9. The minimum absolute atomic E-state index is 0.190. The van der Waals surface area contributed by atoms with E-state index < -0.39 is 17.8 Å². The molecule has 28 heavy (non-hydrogen) atoms. The van der Waals surface area contributed by atoms with Crippen LogP contribution in [0.4, 0.5) is 18.9 Å². The monoisotopic (exact) mass is 458 g/mol. The highest BCUT2D eigenvalue weighted by atomic mass is 79.9. The van der Waals surface area contributed by atoms with Gasteiger partial charge in [-0.15, -0.1) is 0 Å². The van der Waals surface area contributed by atoms with Gasteiger partial charge in [-0.25, -0.2) is 0 Å². The first kappa shape index (κ1) is 21.0. The zero-order chi connectivity index (χ0) is 20.1. The lowest BCUT2D eigenvalue weighted by atomic mass is 10.1. The summed E-state index contributed by atoms with van der Waals surface area (Å²) < 4.78 is 45.2. The lowest BCUT2D eigenvalue weighted by molar-refractivity contribution is -0.137. The summed E-state index contributed by atoms with van der Waals surface area (Å²) in [5.41, 5.74) is -0.0541. The van der Waals surface area contributed by atoms with E-state index >= 15 is 0 Å². The third-order valence-corrected chi connectivity index (χ3v) is 5.16. The highest BCUT2D eigenvalue weighted by Gasteiger charge is 2.31. The average molecular weight is 459 g/mol. The Bertz CT molecular complexity index is 763. The van der Waals surface area contributed by atoms with E-state index in [-0.39, 0.29) is 6.61 Å². The largest absolute Gasteiger partial charge is 0.491 e. The molecule has 2 aromatic rings. The molecule has 3 rings (SSSR count). The average Bonchev–Trinajstić information content (AvgIpc) is 2.68. The van der Waals surface area contributed by atoms with E-state index in [2.05, 4.69) is 20.8 Å². The predicted molar refractivity (Wildman–Crippen MR) is 106 cm³/mol. The second-order valence-electron chi connectivity index (χ2n) is 6.75. The number of anilines is 1. The van der Waals surface area contributed by atoms with E-state index in [1.165, 1.54) is 12.1 Å². The lowest BCUT2D eigenvalue weighted by Gasteiger charge is -2.37. The number of aliphatic hydroxyl groups is 1. The van der Waals surface area contributed by atoms with Crippen LogP contribution in [0.25, 0.3) is 0 Å². The highest BCUT2D eigenvalue weighted by molar-refractivity contribution is 9.10. The van der Waals surface area contributed by atoms with Gasteiger partial charge in [0.15, 0.2) is 0 Å². The number of β-amino-alcohol motifs (C(OH)–C–C–N with tert-alkyl or cyclic N) is 1. The maximum Gasteiger partial charge on any atom is 0.416 e. The van der Waals surface area contributed by atoms with Crippen molar-refractivity contribution in [2.75, 3.05) is 44.2 Å². The summed E-state index contributed by atoms with van der Waals surface area (Å²) in [7, 11) is 0. The van der Waals surface area contributed by atoms with Crippen molar-refractivity contribution >= 4 is 21.6 Å². The molecular formula is C20H22BrF3N2O2. The molecule has 0 unspecified atom stereocenters. The summed E-state index contributed by atoms with van der Waals surface area (Å²) in [4.78, 5) is 4.04. The first-order chi connectivity index (χ1) is 13.3. The van der Waals surface area contributed by atoms with Crippen LogP contribution in [-0.2, 0) is 6.18 Å². The van der Waals surface area contributed by atoms with Crippen molar-refractivity contribution in [2.45, 2.75) is 12.3 Å². The molecule has 4 nitrogen and oxygen atoms in total. The zero-order valence-electron chi connectivity index (χ0n) is 15.2. The molecule has 0 saturated carbocycles. The summed E-state index contributed by atoms with van der Waals surface area (Å²) >= 11 is 3.36. The van der Waals surface area contributed by atoms with E-state index in [1.54, 1.807) is 6.07 Å². The smallest absolute Gasteiger partial charge is 0.416 e. The van der Waals surface area contributed by atoms with Crippen molar-refractivity contribution in [1.29, 1.82) is 0 Å². The summed E-state index contributed by atoms with van der Waals surface area (Å²) in [6.45, 7) is 3.23. The Hall–Kier alpha value is -1.77. The van der Waals surface area contributed by atoms with Crippen molar-refractivity contribution in [2.24, 2.45) is 0 Å². The first-order valence-electron chi connectivity index (χ1n) is 9.02. The second kappa shape index (κ2) is 9.15. The normalized spacial score (nSPS) is 16.8. The molecule has 0 aromatic heterocycles. The number of piperazine rings is 1. The lowest BCUT2D eigenvalue weighted by Crippen LogP contribution is -2.49. The molecule has 0 radical (unpaired) electrons. The number of ether oxygens (including phenoxy) is 1. The number of hydrogen-bond donors (Lipinski definition) is 1. The standard InChI is InChI=1S/C20H22BrF3N2O2/c21-16-4-6-19(7-5-16)28-14-18(27)13-25-8-10-26(11-9-25)17-3-1-2-15(12-17)20(22,23)24/h1-7,12,18,27H,8-11,13-14H2/t18-/m0/s1. The number of halogens is 4. The third kappa shape index (κ3) is 5.86. The number of aliphatic hydroxyl groups excluding tert-OH is 1. The molecule has 8 heteroatoms. The van der Waals surface area contributed by atoms with Gasteiger partial charge in [-0.3, -0.25) is 4.90 Å². The fourth-order valence-electron chi connectivity index (χ4n) is 3.14. The molecule has 1 heterocycles. The Morgan fingerprint density at radius 2 is 1.71 bits per heavy atom. The van der Waals surface area contributed by atoms with Crippen LogP contribution < -0.4 is 9.64 Å². The molecule has 0 amide bonds. The molecule has 1 aliphatic heterocycles. The van der Waals surface area contributed by atoms with Gasteiger partial charge in [0.2, 0.25) is 0 Å². The van der Waals surface area contributed by atoms with Gasteiger partial charge in [-0.2, -0.15) is 13.2 Å². The van der Waals surface area contributed by atoms with Crippen LogP contribution in [0.15, 0.2) is 53.0 Å². The molecular weight excluding hydrogens is 437 g/mol. The van der Waals surface area contributed by atoms with Gasteiger partial charge in [0, 0.05) is 42.9 Å². The minimum atomic E-state index is -4.34. The van der Waals surface area contributed by atoms with Crippen LogP contribution in [0.1, 0.15) is 5.56 Å². The van der Waals surface area contributed by atoms with Crippen molar-refractivity contribution in [3.05, 3.63) is 58.6 Å². The van der Waals surface area contributed by atoms with Gasteiger partial charge in [0.05, 0.1) is 5.56 Å². The van der Waals surface area contributed by atoms with E-state index in [9.17, 15) is 18.3 Å². The van der Waals surface area contributed by atoms with E-state index in [4.69, 9.17) is 4.74 Å². The van der Waals surface area contributed by atoms with Crippen LogP contribution in [0, 0.1) is 0 Å². The molecule has 1 N–H and O–H groups in total. The summed E-state index contributed by atoms with van der Waals surface area (Å²) in [6.07, 6.45) is -4.97. The zero-order valence-corrected chi connectivity index (χ0v) is 16.8. The number of benzene rings is 2. The predicted octanol–water partition coefficient (Wildman–Crippen LogP) is 4.03. The van der Waals surface area contributed by atoms with E-state index in [1.807, 2.05) is 29.2 Å². The molecule has 2 aromatic carbocycles. The fraction of sp³-hybridized carbons (Fsp3) is 0.400. The molecule has 0 aliphatic carbocycles. The maximum absolute atomic E-state index is 12.9. The van der Waals surface area contributed by atoms with Gasteiger partial charge in [0.25, 0.3) is 0 Å². The second-order valence-corrected chi connectivity index (χ2v) is 7.67. The number of rotatable bonds is 6. The van der Waals surface area contributed by atoms with Gasteiger partial charge in [-0.05, 0) is 42.5 Å². The van der Waals surface area contributed by atoms with Crippen molar-refractivity contribution in [3.8, 4) is 5.75 Å². The molecule has 0 bridgehead atoms. The molecule has 1 aliphatic rings. The van der Waals surface area contributed by atoms with Gasteiger partial charge in [0.1, 0.15) is 18.5 Å². The molecule has 1 atom stereocenters. The van der Waals surface area contributed by atoms with Crippen LogP contribution in [0.5, 0.6) is 5.75 Å². The van der Waals surface area contributed by atoms with Crippen LogP contribution in [-0.4, -0.2) is 55.4 Å². The van der Waals surface area contributed by atoms with E-state index in [0.717, 1.165) is 10.5 Å². The van der Waals surface area contributed by atoms with Crippen molar-refractivity contribution in [1.82, 2.24) is 4.90 Å². The summed E-state index contributed by atoms with van der Waals surface area (Å²) in [5.74, 6) is 0.691. The molecule has 152 valence electrons. The summed E-state index contributed by atoms with van der Waals surface area (Å²) in [5, 5.41) is 10.2. The summed E-state index contributed by atoms with van der Waals surface area (Å²) in [6, 6.07) is 12.8. The van der Waals surface area contributed by atoms with Crippen LogP contribution in [0.2, 0.25) is 0 Å². The highest BCUT2D eigenvalue weighted by Crippen LogP contribution is 2.31.